The Morgan fingerprint density at radius 2 is 0.885 bits per heavy atom. The van der Waals surface area contributed by atoms with E-state index in [4.69, 9.17) is 14.2 Å². The molecule has 0 aliphatic carbocycles. The number of unbranched alkanes of at least 4 members (excludes halogenated alkanes) is 26. The van der Waals surface area contributed by atoms with Crippen LogP contribution in [0.3, 0.4) is 0 Å². The highest BCUT2D eigenvalue weighted by Gasteiger charge is 2.31. The van der Waals surface area contributed by atoms with E-state index < -0.39 is 18.1 Å². The molecule has 0 bridgehead atoms. The zero-order valence-corrected chi connectivity index (χ0v) is 40.6. The van der Waals surface area contributed by atoms with Gasteiger partial charge in [0.25, 0.3) is 0 Å². The molecule has 8 heteroatoms. The first-order valence-electron chi connectivity index (χ1n) is 25.5. The summed E-state index contributed by atoms with van der Waals surface area (Å²) in [5, 5.41) is 9.64. The first kappa shape index (κ1) is 58.6. The number of hydrogen-bond donors (Lipinski definition) is 1. The van der Waals surface area contributed by atoms with E-state index in [9.17, 15) is 19.5 Å². The van der Waals surface area contributed by atoms with E-state index in [-0.39, 0.29) is 36.2 Å². The van der Waals surface area contributed by atoms with Crippen LogP contribution in [0.2, 0.25) is 0 Å². The minimum atomic E-state index is -0.876. The Morgan fingerprint density at radius 3 is 1.33 bits per heavy atom. The normalized spacial score (nSPS) is 13.1. The Bertz CT molecular complexity index is 1090. The van der Waals surface area contributed by atoms with Crippen molar-refractivity contribution in [3.05, 3.63) is 36.5 Å². The van der Waals surface area contributed by atoms with Gasteiger partial charge in [0.15, 0.2) is 12.1 Å². The van der Waals surface area contributed by atoms with Gasteiger partial charge in [-0.3, -0.25) is 9.59 Å². The summed E-state index contributed by atoms with van der Waals surface area (Å²) in [6.07, 6.45) is 52.0. The van der Waals surface area contributed by atoms with E-state index in [1.807, 2.05) is 21.1 Å². The molecule has 2 unspecified atom stereocenters. The molecule has 0 amide bonds. The highest BCUT2D eigenvalue weighted by atomic mass is 16.6. The molecule has 0 aromatic carbocycles. The fourth-order valence-corrected chi connectivity index (χ4v) is 7.52. The van der Waals surface area contributed by atoms with Crippen LogP contribution in [0.15, 0.2) is 36.5 Å². The lowest BCUT2D eigenvalue weighted by atomic mass is 10.0. The predicted molar refractivity (Wildman–Crippen MR) is 257 cm³/mol. The van der Waals surface area contributed by atoms with Gasteiger partial charge in [-0.15, -0.1) is 0 Å². The molecule has 0 saturated carbocycles. The molecule has 0 aromatic rings. The Morgan fingerprint density at radius 1 is 0.492 bits per heavy atom. The van der Waals surface area contributed by atoms with Crippen molar-refractivity contribution in [2.75, 3.05) is 41.0 Å². The van der Waals surface area contributed by atoms with E-state index in [2.05, 4.69) is 50.3 Å². The number of carboxylic acids is 1. The van der Waals surface area contributed by atoms with E-state index >= 15 is 0 Å². The average Bonchev–Trinajstić information content (AvgIpc) is 3.22. The molecule has 8 nitrogen and oxygen atoms in total. The molecular weight excluding hydrogens is 763 g/mol. The van der Waals surface area contributed by atoms with E-state index in [1.54, 1.807) is 0 Å². The van der Waals surface area contributed by atoms with E-state index in [0.29, 0.717) is 19.3 Å². The Kier molecular flexibility index (Phi) is 42.4. The Labute approximate surface area is 376 Å². The molecular formula is C53H98NO7+. The number of carbonyl (C=O) groups excluding carboxylic acids is 2. The van der Waals surface area contributed by atoms with Crippen LogP contribution in [0.4, 0.5) is 0 Å². The predicted octanol–water partition coefficient (Wildman–Crippen LogP) is 14.6. The third-order valence-electron chi connectivity index (χ3n) is 11.5. The minimum Gasteiger partial charge on any atom is -0.477 e. The maximum Gasteiger partial charge on any atom is 0.362 e. The van der Waals surface area contributed by atoms with Gasteiger partial charge in [0.2, 0.25) is 0 Å². The minimum absolute atomic E-state index is 0.0552. The molecule has 0 aliphatic rings. The lowest BCUT2D eigenvalue weighted by molar-refractivity contribution is -0.887. The van der Waals surface area contributed by atoms with Gasteiger partial charge in [-0.05, 0) is 64.2 Å². The number of hydrogen-bond acceptors (Lipinski definition) is 6. The van der Waals surface area contributed by atoms with Crippen molar-refractivity contribution >= 4 is 17.9 Å². The van der Waals surface area contributed by atoms with Crippen molar-refractivity contribution in [1.82, 2.24) is 0 Å². The molecule has 0 aromatic heterocycles. The van der Waals surface area contributed by atoms with Crippen LogP contribution < -0.4 is 0 Å². The van der Waals surface area contributed by atoms with Crippen molar-refractivity contribution < 1.29 is 38.2 Å². The summed E-state index contributed by atoms with van der Waals surface area (Å²) in [6.45, 7) is 4.70. The molecule has 0 heterocycles. The smallest absolute Gasteiger partial charge is 0.362 e. The summed E-state index contributed by atoms with van der Waals surface area (Å²) in [4.78, 5) is 37.1. The van der Waals surface area contributed by atoms with Crippen LogP contribution in [0.5, 0.6) is 0 Å². The third kappa shape index (κ3) is 42.6. The quantitative estimate of drug-likeness (QED) is 0.0282. The number of quaternary nitrogens is 1. The van der Waals surface area contributed by atoms with Crippen molar-refractivity contribution in [3.63, 3.8) is 0 Å². The lowest BCUT2D eigenvalue weighted by Gasteiger charge is -2.31. The summed E-state index contributed by atoms with van der Waals surface area (Å²) in [5.74, 6) is -1.48. The molecule has 2 atom stereocenters. The van der Waals surface area contributed by atoms with Crippen LogP contribution in [0.25, 0.3) is 0 Å². The molecule has 61 heavy (non-hydrogen) atoms. The molecule has 0 fully saturated rings. The van der Waals surface area contributed by atoms with Crippen LogP contribution in [-0.4, -0.2) is 80.6 Å². The van der Waals surface area contributed by atoms with Crippen molar-refractivity contribution in [3.8, 4) is 0 Å². The fraction of sp³-hybridized carbons (Fsp3) is 0.830. The van der Waals surface area contributed by atoms with Gasteiger partial charge >= 0.3 is 17.9 Å². The maximum atomic E-state index is 12.7. The van der Waals surface area contributed by atoms with Crippen LogP contribution in [0, 0.1) is 0 Å². The molecule has 0 spiro atoms. The number of aliphatic carboxylic acids is 1. The third-order valence-corrected chi connectivity index (χ3v) is 11.5. The number of carbonyl (C=O) groups is 3. The number of likely N-dealkylation sites (N-methyl/N-ethyl adjacent to an activating group) is 1. The summed E-state index contributed by atoms with van der Waals surface area (Å²) < 4.78 is 17.3. The highest BCUT2D eigenvalue weighted by molar-refractivity contribution is 5.72. The lowest BCUT2D eigenvalue weighted by Crippen LogP contribution is -2.50. The van der Waals surface area contributed by atoms with E-state index in [0.717, 1.165) is 64.2 Å². The largest absolute Gasteiger partial charge is 0.477 e. The standard InChI is InChI=1S/C53H97NO7/c1-6-8-10-12-14-16-18-20-22-23-24-25-26-27-28-29-30-32-33-35-37-39-41-43-51(55)60-48-49(47-59-46-45-50(53(57)58)54(3,4)5)61-52(56)44-42-40-38-36-34-31-21-19-17-15-13-11-9-7-2/h13,15,19,21,23-24,49-50H,6-12,14,16-18,20,22,25-48H2,1-5H3/p+1/b15-13-,21-19-,24-23-. The van der Waals surface area contributed by atoms with Crippen LogP contribution >= 0.6 is 0 Å². The molecule has 0 radical (unpaired) electrons. The number of nitrogens with zero attached hydrogens (tertiary/aromatic N) is 1. The van der Waals surface area contributed by atoms with Gasteiger partial charge in [-0.1, -0.05) is 185 Å². The van der Waals surface area contributed by atoms with Crippen molar-refractivity contribution in [1.29, 1.82) is 0 Å². The zero-order chi connectivity index (χ0) is 44.9. The monoisotopic (exact) mass is 861 g/mol. The molecule has 0 saturated heterocycles. The molecule has 356 valence electrons. The molecule has 0 aliphatic heterocycles. The second-order valence-electron chi connectivity index (χ2n) is 18.4. The van der Waals surface area contributed by atoms with Crippen LogP contribution in [0.1, 0.15) is 232 Å². The number of carboxylic acid groups (broad SMARTS) is 1. The first-order chi connectivity index (χ1) is 29.6. The second-order valence-corrected chi connectivity index (χ2v) is 18.4. The highest BCUT2D eigenvalue weighted by Crippen LogP contribution is 2.15. The van der Waals surface area contributed by atoms with Gasteiger partial charge in [0.1, 0.15) is 6.61 Å². The fourth-order valence-electron chi connectivity index (χ4n) is 7.52. The Balaban J connectivity index is 4.19. The van der Waals surface area contributed by atoms with Gasteiger partial charge < -0.3 is 23.8 Å². The van der Waals surface area contributed by atoms with Gasteiger partial charge in [-0.25, -0.2) is 4.79 Å². The zero-order valence-electron chi connectivity index (χ0n) is 40.6. The summed E-state index contributed by atoms with van der Waals surface area (Å²) in [7, 11) is 5.53. The molecule has 1 N–H and O–H groups in total. The SMILES string of the molecule is CCCC/C=C\C/C=C\CCCCCCCC(=O)OC(COCCC(C(=O)O)[N+](C)(C)C)COC(=O)CCCCCCCCCCCCC/C=C\CCCCCCCCCC. The van der Waals surface area contributed by atoms with Crippen molar-refractivity contribution in [2.45, 2.75) is 244 Å². The number of rotatable bonds is 46. The maximum absolute atomic E-state index is 12.7. The average molecular weight is 861 g/mol. The Hall–Kier alpha value is -2.45. The topological polar surface area (TPSA) is 99.1 Å². The first-order valence-corrected chi connectivity index (χ1v) is 25.5. The molecule has 0 rings (SSSR count). The van der Waals surface area contributed by atoms with Crippen molar-refractivity contribution in [2.24, 2.45) is 0 Å². The van der Waals surface area contributed by atoms with E-state index in [1.165, 1.54) is 135 Å². The number of allylic oxidation sites excluding steroid dienone is 6. The van der Waals surface area contributed by atoms with Gasteiger partial charge in [0, 0.05) is 19.3 Å². The number of ether oxygens (including phenoxy) is 3. The number of esters is 2. The summed E-state index contributed by atoms with van der Waals surface area (Å²) in [6, 6.07) is -0.617. The second kappa shape index (κ2) is 44.2. The summed E-state index contributed by atoms with van der Waals surface area (Å²) >= 11 is 0. The van der Waals surface area contributed by atoms with Gasteiger partial charge in [0.05, 0.1) is 34.4 Å². The van der Waals surface area contributed by atoms with Crippen LogP contribution in [-0.2, 0) is 28.6 Å². The van der Waals surface area contributed by atoms with Gasteiger partial charge in [-0.2, -0.15) is 0 Å². The summed E-state index contributed by atoms with van der Waals surface area (Å²) in [5.41, 5.74) is 0.